The van der Waals surface area contributed by atoms with E-state index in [4.69, 9.17) is 4.42 Å². The van der Waals surface area contributed by atoms with E-state index in [9.17, 15) is 5.11 Å². The van der Waals surface area contributed by atoms with E-state index in [1.807, 2.05) is 13.0 Å². The van der Waals surface area contributed by atoms with Crippen molar-refractivity contribution in [2.45, 2.75) is 26.3 Å². The summed E-state index contributed by atoms with van der Waals surface area (Å²) in [5, 5.41) is 9.37. The second-order valence-corrected chi connectivity index (χ2v) is 5.87. The summed E-state index contributed by atoms with van der Waals surface area (Å²) in [7, 11) is 2.11. The first-order valence-corrected chi connectivity index (χ1v) is 6.76. The molecule has 2 aromatic rings. The molecular formula is C15H20N2O2. The number of nitrogens with zero attached hydrogens (tertiary/aromatic N) is 2. The van der Waals surface area contributed by atoms with E-state index < -0.39 is 0 Å². The van der Waals surface area contributed by atoms with Crippen LogP contribution in [0.5, 0.6) is 0 Å². The van der Waals surface area contributed by atoms with Gasteiger partial charge in [-0.1, -0.05) is 6.07 Å². The highest BCUT2D eigenvalue weighted by Crippen LogP contribution is 2.45. The molecule has 0 aliphatic heterocycles. The summed E-state index contributed by atoms with van der Waals surface area (Å²) >= 11 is 0. The largest absolute Gasteiger partial charge is 0.441 e. The molecule has 19 heavy (non-hydrogen) atoms. The van der Waals surface area contributed by atoms with Crippen molar-refractivity contribution in [3.63, 3.8) is 0 Å². The molecule has 0 spiro atoms. The molecule has 0 amide bonds. The number of aromatic nitrogens is 1. The van der Waals surface area contributed by atoms with Gasteiger partial charge in [-0.25, -0.2) is 4.98 Å². The number of rotatable bonds is 5. The van der Waals surface area contributed by atoms with E-state index in [2.05, 4.69) is 29.1 Å². The van der Waals surface area contributed by atoms with Crippen LogP contribution in [0.4, 0.5) is 0 Å². The van der Waals surface area contributed by atoms with Crippen LogP contribution in [0, 0.1) is 12.3 Å². The van der Waals surface area contributed by atoms with Crippen LogP contribution >= 0.6 is 0 Å². The molecule has 1 fully saturated rings. The Bertz CT molecular complexity index is 587. The molecule has 4 nitrogen and oxygen atoms in total. The van der Waals surface area contributed by atoms with Gasteiger partial charge < -0.3 is 14.4 Å². The summed E-state index contributed by atoms with van der Waals surface area (Å²) < 4.78 is 5.48. The Morgan fingerprint density at radius 3 is 2.89 bits per heavy atom. The maximum absolute atomic E-state index is 9.37. The number of oxazole rings is 1. The molecule has 1 aliphatic rings. The number of fused-ring (bicyclic) bond motifs is 1. The number of aryl methyl sites for hydroxylation is 1. The third-order valence-corrected chi connectivity index (χ3v) is 3.91. The SMILES string of the molecule is Cc1nc2cc(CN(C)CC3(CO)CC3)ccc2o1. The average molecular weight is 260 g/mol. The number of benzene rings is 1. The quantitative estimate of drug-likeness (QED) is 0.896. The fraction of sp³-hybridized carbons (Fsp3) is 0.533. The maximum Gasteiger partial charge on any atom is 0.192 e. The van der Waals surface area contributed by atoms with Gasteiger partial charge in [-0.3, -0.25) is 0 Å². The van der Waals surface area contributed by atoms with E-state index in [1.165, 1.54) is 5.56 Å². The van der Waals surface area contributed by atoms with Crippen molar-refractivity contribution in [1.82, 2.24) is 9.88 Å². The van der Waals surface area contributed by atoms with Gasteiger partial charge in [0.1, 0.15) is 5.52 Å². The smallest absolute Gasteiger partial charge is 0.192 e. The van der Waals surface area contributed by atoms with Crippen molar-refractivity contribution < 1.29 is 9.52 Å². The van der Waals surface area contributed by atoms with Crippen LogP contribution in [0.25, 0.3) is 11.1 Å². The Hall–Kier alpha value is -1.39. The van der Waals surface area contributed by atoms with Gasteiger partial charge in [-0.05, 0) is 37.6 Å². The van der Waals surface area contributed by atoms with Crippen LogP contribution in [-0.4, -0.2) is 35.2 Å². The molecule has 1 aromatic heterocycles. The monoisotopic (exact) mass is 260 g/mol. The van der Waals surface area contributed by atoms with E-state index in [-0.39, 0.29) is 5.41 Å². The van der Waals surface area contributed by atoms with Gasteiger partial charge in [0.2, 0.25) is 0 Å². The van der Waals surface area contributed by atoms with Crippen LogP contribution in [0.3, 0.4) is 0 Å². The molecule has 102 valence electrons. The van der Waals surface area contributed by atoms with Gasteiger partial charge in [0.25, 0.3) is 0 Å². The lowest BCUT2D eigenvalue weighted by molar-refractivity contribution is 0.161. The zero-order valence-corrected chi connectivity index (χ0v) is 11.5. The van der Waals surface area contributed by atoms with Crippen LogP contribution in [0.15, 0.2) is 22.6 Å². The standard InChI is InChI=1S/C15H20N2O2/c1-11-16-13-7-12(3-4-14(13)19-11)8-17(2)9-15(10-18)5-6-15/h3-4,7,18H,5-6,8-10H2,1-2H3. The summed E-state index contributed by atoms with van der Waals surface area (Å²) in [6.45, 7) is 4.01. The number of hydrogen-bond donors (Lipinski definition) is 1. The molecule has 0 radical (unpaired) electrons. The number of aliphatic hydroxyl groups excluding tert-OH is 1. The van der Waals surface area contributed by atoms with Crippen molar-refractivity contribution in [3.8, 4) is 0 Å². The zero-order chi connectivity index (χ0) is 13.5. The van der Waals surface area contributed by atoms with Crippen LogP contribution in [0.1, 0.15) is 24.3 Å². The predicted molar refractivity (Wildman–Crippen MR) is 73.8 cm³/mol. The lowest BCUT2D eigenvalue weighted by Gasteiger charge is -2.22. The summed E-state index contributed by atoms with van der Waals surface area (Å²) in [4.78, 5) is 6.63. The molecule has 0 saturated heterocycles. The zero-order valence-electron chi connectivity index (χ0n) is 11.5. The van der Waals surface area contributed by atoms with Crippen LogP contribution < -0.4 is 0 Å². The Labute approximate surface area is 113 Å². The summed E-state index contributed by atoms with van der Waals surface area (Å²) in [6.07, 6.45) is 2.30. The van der Waals surface area contributed by atoms with Crippen molar-refractivity contribution in [3.05, 3.63) is 29.7 Å². The molecule has 1 saturated carbocycles. The normalized spacial score (nSPS) is 17.3. The maximum atomic E-state index is 9.37. The third-order valence-electron chi connectivity index (χ3n) is 3.91. The molecule has 0 unspecified atom stereocenters. The summed E-state index contributed by atoms with van der Waals surface area (Å²) in [5.74, 6) is 0.706. The molecular weight excluding hydrogens is 240 g/mol. The number of hydrogen-bond acceptors (Lipinski definition) is 4. The van der Waals surface area contributed by atoms with Gasteiger partial charge in [0.15, 0.2) is 11.5 Å². The molecule has 4 heteroatoms. The van der Waals surface area contributed by atoms with Gasteiger partial charge in [0, 0.05) is 32.0 Å². The Morgan fingerprint density at radius 1 is 1.42 bits per heavy atom. The molecule has 1 aliphatic carbocycles. The highest BCUT2D eigenvalue weighted by Gasteiger charge is 2.42. The number of aliphatic hydroxyl groups is 1. The van der Waals surface area contributed by atoms with Crippen molar-refractivity contribution in [2.24, 2.45) is 5.41 Å². The van der Waals surface area contributed by atoms with Gasteiger partial charge >= 0.3 is 0 Å². The minimum Gasteiger partial charge on any atom is -0.441 e. The van der Waals surface area contributed by atoms with Crippen molar-refractivity contribution in [1.29, 1.82) is 0 Å². The fourth-order valence-electron chi connectivity index (χ4n) is 2.67. The van der Waals surface area contributed by atoms with Crippen LogP contribution in [0.2, 0.25) is 0 Å². The van der Waals surface area contributed by atoms with Gasteiger partial charge in [-0.2, -0.15) is 0 Å². The molecule has 0 atom stereocenters. The molecule has 0 bridgehead atoms. The summed E-state index contributed by atoms with van der Waals surface area (Å²) in [6, 6.07) is 6.15. The van der Waals surface area contributed by atoms with E-state index in [0.717, 1.165) is 37.0 Å². The topological polar surface area (TPSA) is 49.5 Å². The predicted octanol–water partition coefficient (Wildman–Crippen LogP) is 2.34. The molecule has 1 aromatic carbocycles. The van der Waals surface area contributed by atoms with Crippen molar-refractivity contribution >= 4 is 11.1 Å². The molecule has 1 heterocycles. The van der Waals surface area contributed by atoms with Gasteiger partial charge in [0.05, 0.1) is 0 Å². The first kappa shape index (κ1) is 12.6. The fourth-order valence-corrected chi connectivity index (χ4v) is 2.67. The van der Waals surface area contributed by atoms with E-state index in [1.54, 1.807) is 0 Å². The minimum absolute atomic E-state index is 0.170. The molecule has 3 rings (SSSR count). The Balaban J connectivity index is 1.70. The van der Waals surface area contributed by atoms with Gasteiger partial charge in [-0.15, -0.1) is 0 Å². The molecule has 1 N–H and O–H groups in total. The van der Waals surface area contributed by atoms with E-state index >= 15 is 0 Å². The highest BCUT2D eigenvalue weighted by molar-refractivity contribution is 5.73. The van der Waals surface area contributed by atoms with Crippen molar-refractivity contribution in [2.75, 3.05) is 20.2 Å². The lowest BCUT2D eigenvalue weighted by atomic mass is 10.1. The average Bonchev–Trinajstić information content (AvgIpc) is 3.03. The third kappa shape index (κ3) is 2.65. The first-order valence-electron chi connectivity index (χ1n) is 6.76. The first-order chi connectivity index (χ1) is 9.10. The Morgan fingerprint density at radius 2 is 2.21 bits per heavy atom. The summed E-state index contributed by atoms with van der Waals surface area (Å²) in [5.41, 5.74) is 3.17. The van der Waals surface area contributed by atoms with E-state index in [0.29, 0.717) is 12.5 Å². The minimum atomic E-state index is 0.170. The lowest BCUT2D eigenvalue weighted by Crippen LogP contribution is -2.28. The highest BCUT2D eigenvalue weighted by atomic mass is 16.3. The second kappa shape index (κ2) is 4.62. The second-order valence-electron chi connectivity index (χ2n) is 5.87. The Kier molecular flexibility index (Phi) is 3.07. The van der Waals surface area contributed by atoms with Crippen LogP contribution in [-0.2, 0) is 6.54 Å².